The minimum Gasteiger partial charge on any atom is -0.276 e. The van der Waals surface area contributed by atoms with E-state index >= 15 is 0 Å². The van der Waals surface area contributed by atoms with Gasteiger partial charge in [-0.3, -0.25) is 4.84 Å². The zero-order chi connectivity index (χ0) is 5.11. The molecular weight excluding hydrogens is 110 g/mol. The van der Waals surface area contributed by atoms with Crippen molar-refractivity contribution in [3.05, 3.63) is 11.6 Å². The monoisotopic (exact) mass is 116 g/mol. The molecule has 3 heteroatoms. The largest absolute Gasteiger partial charge is 0.276 e. The fourth-order valence-electron chi connectivity index (χ4n) is 0.344. The average molecular weight is 116 g/mol. The fourth-order valence-corrected chi connectivity index (χ4v) is 0.926. The topological polar surface area (TPSA) is 12.5 Å². The predicted molar refractivity (Wildman–Crippen MR) is 29.1 cm³/mol. The van der Waals surface area contributed by atoms with Crippen LogP contribution >= 0.6 is 11.8 Å². The molecule has 39 valence electrons. The third-order valence-electron chi connectivity index (χ3n) is 0.692. The quantitative estimate of drug-likeness (QED) is 0.503. The molecule has 0 saturated carbocycles. The van der Waals surface area contributed by atoms with Crippen molar-refractivity contribution in [3.8, 4) is 0 Å². The summed E-state index contributed by atoms with van der Waals surface area (Å²) in [6.45, 7) is 0. The second-order valence-corrected chi connectivity index (χ2v) is 1.93. The van der Waals surface area contributed by atoms with Gasteiger partial charge in [0.15, 0.2) is 0 Å². The molecule has 1 rings (SSSR count). The van der Waals surface area contributed by atoms with Crippen molar-refractivity contribution >= 4 is 11.8 Å². The predicted octanol–water partition coefficient (Wildman–Crippen LogP) is 0.828. The van der Waals surface area contributed by atoms with Crippen molar-refractivity contribution in [2.75, 3.05) is 13.0 Å². The van der Waals surface area contributed by atoms with E-state index in [1.165, 1.54) is 0 Å². The molecule has 0 aromatic rings. The molecule has 1 aliphatic heterocycles. The van der Waals surface area contributed by atoms with Gasteiger partial charge in [-0.2, -0.15) is 0 Å². The maximum absolute atomic E-state index is 4.78. The molecular formula is C4H6NOS. The minimum atomic E-state index is 0.872. The van der Waals surface area contributed by atoms with E-state index in [4.69, 9.17) is 4.84 Å². The summed E-state index contributed by atoms with van der Waals surface area (Å²) in [5, 5.41) is 3.52. The van der Waals surface area contributed by atoms with Gasteiger partial charge in [0.05, 0.1) is 19.2 Å². The summed E-state index contributed by atoms with van der Waals surface area (Å²) in [5.74, 6) is 0.872. The van der Waals surface area contributed by atoms with E-state index < -0.39 is 0 Å². The molecule has 0 fully saturated rings. The Kier molecular flexibility index (Phi) is 1.59. The van der Waals surface area contributed by atoms with E-state index in [-0.39, 0.29) is 0 Å². The molecule has 1 aliphatic rings. The summed E-state index contributed by atoms with van der Waals surface area (Å²) in [4.78, 5) is 4.78. The van der Waals surface area contributed by atoms with Gasteiger partial charge in [-0.1, -0.05) is 0 Å². The van der Waals surface area contributed by atoms with Gasteiger partial charge in [0.25, 0.3) is 0 Å². The van der Waals surface area contributed by atoms with Crippen LogP contribution in [0.2, 0.25) is 0 Å². The van der Waals surface area contributed by atoms with Crippen LogP contribution in [0.4, 0.5) is 0 Å². The summed E-state index contributed by atoms with van der Waals surface area (Å²) in [5.41, 5.74) is 0. The molecule has 0 saturated heterocycles. The summed E-state index contributed by atoms with van der Waals surface area (Å²) < 4.78 is 0. The number of hydrogen-bond donors (Lipinski definition) is 0. The minimum absolute atomic E-state index is 0.872. The zero-order valence-corrected chi connectivity index (χ0v) is 4.86. The highest BCUT2D eigenvalue weighted by Crippen LogP contribution is 2.12. The van der Waals surface area contributed by atoms with Gasteiger partial charge >= 0.3 is 0 Å². The first kappa shape index (κ1) is 5.00. The molecule has 0 aromatic heterocycles. The molecule has 0 amide bonds. The van der Waals surface area contributed by atoms with Gasteiger partial charge in [-0.15, -0.1) is 11.8 Å². The number of rotatable bonds is 1. The lowest BCUT2D eigenvalue weighted by atomic mass is 11.0. The molecule has 1 heterocycles. The SMILES string of the molecule is CON1[C]=CSC1. The number of hydroxylamine groups is 2. The lowest BCUT2D eigenvalue weighted by Crippen LogP contribution is -2.10. The van der Waals surface area contributed by atoms with Gasteiger partial charge in [0.1, 0.15) is 0 Å². The Balaban J connectivity index is 2.28. The summed E-state index contributed by atoms with van der Waals surface area (Å²) in [6.07, 6.45) is 2.86. The highest BCUT2D eigenvalue weighted by atomic mass is 32.2. The first-order valence-electron chi connectivity index (χ1n) is 1.94. The maximum Gasteiger partial charge on any atom is 0.0972 e. The van der Waals surface area contributed by atoms with Crippen molar-refractivity contribution in [1.29, 1.82) is 0 Å². The van der Waals surface area contributed by atoms with Crippen molar-refractivity contribution in [3.63, 3.8) is 0 Å². The normalized spacial score (nSPS) is 18.7. The van der Waals surface area contributed by atoms with Crippen molar-refractivity contribution in [2.45, 2.75) is 0 Å². The second kappa shape index (κ2) is 2.23. The standard InChI is InChI=1S/C4H6NOS/c1-6-5-2-3-7-4-5/h3H,4H2,1H3. The van der Waals surface area contributed by atoms with Crippen LogP contribution in [0.25, 0.3) is 0 Å². The van der Waals surface area contributed by atoms with Gasteiger partial charge in [-0.25, -0.2) is 5.06 Å². The third-order valence-corrected chi connectivity index (χ3v) is 1.35. The zero-order valence-electron chi connectivity index (χ0n) is 4.05. The van der Waals surface area contributed by atoms with Crippen LogP contribution in [-0.4, -0.2) is 18.0 Å². The van der Waals surface area contributed by atoms with E-state index in [0.717, 1.165) is 5.88 Å². The van der Waals surface area contributed by atoms with Crippen molar-refractivity contribution in [2.24, 2.45) is 0 Å². The van der Waals surface area contributed by atoms with E-state index in [9.17, 15) is 0 Å². The molecule has 0 bridgehead atoms. The molecule has 0 spiro atoms. The van der Waals surface area contributed by atoms with E-state index in [2.05, 4.69) is 6.20 Å². The van der Waals surface area contributed by atoms with Gasteiger partial charge in [-0.05, 0) is 0 Å². The Labute approximate surface area is 47.1 Å². The van der Waals surface area contributed by atoms with Crippen LogP contribution in [0, 0.1) is 6.20 Å². The number of thioether (sulfide) groups is 1. The lowest BCUT2D eigenvalue weighted by Gasteiger charge is -2.07. The Bertz CT molecular complexity index is 83.8. The van der Waals surface area contributed by atoms with Crippen LogP contribution in [0.15, 0.2) is 5.41 Å². The summed E-state index contributed by atoms with van der Waals surface area (Å²) >= 11 is 1.67. The van der Waals surface area contributed by atoms with E-state index in [1.807, 2.05) is 5.41 Å². The van der Waals surface area contributed by atoms with Crippen LogP contribution in [0.1, 0.15) is 0 Å². The molecule has 7 heavy (non-hydrogen) atoms. The maximum atomic E-state index is 4.78. The highest BCUT2D eigenvalue weighted by molar-refractivity contribution is 8.02. The molecule has 0 aromatic carbocycles. The highest BCUT2D eigenvalue weighted by Gasteiger charge is 2.00. The van der Waals surface area contributed by atoms with Crippen molar-refractivity contribution in [1.82, 2.24) is 5.06 Å². The van der Waals surface area contributed by atoms with Crippen LogP contribution in [-0.2, 0) is 4.84 Å². The third kappa shape index (κ3) is 1.11. The summed E-state index contributed by atoms with van der Waals surface area (Å²) in [7, 11) is 1.63. The van der Waals surface area contributed by atoms with Crippen LogP contribution < -0.4 is 0 Å². The smallest absolute Gasteiger partial charge is 0.0972 e. The molecule has 0 unspecified atom stereocenters. The Morgan fingerprint density at radius 3 is 3.14 bits per heavy atom. The van der Waals surface area contributed by atoms with Crippen LogP contribution in [0.3, 0.4) is 0 Å². The first-order valence-corrected chi connectivity index (χ1v) is 2.99. The Hall–Kier alpha value is -0.150. The number of nitrogens with zero attached hydrogens (tertiary/aromatic N) is 1. The lowest BCUT2D eigenvalue weighted by molar-refractivity contribution is -0.0764. The van der Waals surface area contributed by atoms with Gasteiger partial charge < -0.3 is 0 Å². The molecule has 1 radical (unpaired) electrons. The fraction of sp³-hybridized carbons (Fsp3) is 0.500. The first-order chi connectivity index (χ1) is 3.43. The summed E-state index contributed by atoms with van der Waals surface area (Å²) in [6, 6.07) is 0. The molecule has 0 aliphatic carbocycles. The van der Waals surface area contributed by atoms with Gasteiger partial charge in [0.2, 0.25) is 0 Å². The van der Waals surface area contributed by atoms with E-state index in [0.29, 0.717) is 0 Å². The van der Waals surface area contributed by atoms with Crippen molar-refractivity contribution < 1.29 is 4.84 Å². The molecule has 0 N–H and O–H groups in total. The van der Waals surface area contributed by atoms with Crippen LogP contribution in [0.5, 0.6) is 0 Å². The molecule has 0 atom stereocenters. The van der Waals surface area contributed by atoms with Gasteiger partial charge in [0, 0.05) is 5.41 Å². The van der Waals surface area contributed by atoms with E-state index in [1.54, 1.807) is 23.9 Å². The Morgan fingerprint density at radius 1 is 2.00 bits per heavy atom. The Morgan fingerprint density at radius 2 is 2.86 bits per heavy atom. The average Bonchev–Trinajstić information content (AvgIpc) is 2.14. The second-order valence-electron chi connectivity index (χ2n) is 1.10. The molecule has 2 nitrogen and oxygen atoms in total. The number of hydrogen-bond acceptors (Lipinski definition) is 3.